The SMILES string of the molecule is CC(CO)(CO)NCc1ccncn1. The molecule has 14 heavy (non-hydrogen) atoms. The van der Waals surface area contributed by atoms with Gasteiger partial charge in [-0.05, 0) is 13.0 Å². The summed E-state index contributed by atoms with van der Waals surface area (Å²) in [6.07, 6.45) is 3.12. The molecule has 0 radical (unpaired) electrons. The lowest BCUT2D eigenvalue weighted by Gasteiger charge is -2.25. The Morgan fingerprint density at radius 3 is 2.64 bits per heavy atom. The molecule has 1 aromatic rings. The predicted octanol–water partition coefficient (Wildman–Crippen LogP) is -0.691. The third-order valence-corrected chi connectivity index (χ3v) is 2.04. The number of aliphatic hydroxyl groups excluding tert-OH is 2. The number of aromatic nitrogens is 2. The zero-order valence-corrected chi connectivity index (χ0v) is 8.14. The van der Waals surface area contributed by atoms with Crippen molar-refractivity contribution in [1.82, 2.24) is 15.3 Å². The van der Waals surface area contributed by atoms with Gasteiger partial charge in [-0.3, -0.25) is 0 Å². The normalized spacial score (nSPS) is 11.6. The molecule has 5 heteroatoms. The fraction of sp³-hybridized carbons (Fsp3) is 0.556. The third kappa shape index (κ3) is 3.02. The van der Waals surface area contributed by atoms with Crippen LogP contribution in [0.15, 0.2) is 18.6 Å². The molecule has 78 valence electrons. The van der Waals surface area contributed by atoms with Crippen molar-refractivity contribution in [2.45, 2.75) is 19.0 Å². The second kappa shape index (κ2) is 4.99. The Hall–Kier alpha value is -1.04. The molecule has 0 aliphatic carbocycles. The maximum absolute atomic E-state index is 9.01. The summed E-state index contributed by atoms with van der Waals surface area (Å²) in [6.45, 7) is 2.01. The summed E-state index contributed by atoms with van der Waals surface area (Å²) in [7, 11) is 0. The third-order valence-electron chi connectivity index (χ3n) is 2.04. The van der Waals surface area contributed by atoms with E-state index in [4.69, 9.17) is 10.2 Å². The van der Waals surface area contributed by atoms with Crippen molar-refractivity contribution in [3.05, 3.63) is 24.3 Å². The van der Waals surface area contributed by atoms with E-state index in [1.54, 1.807) is 19.2 Å². The van der Waals surface area contributed by atoms with Crippen molar-refractivity contribution < 1.29 is 10.2 Å². The molecule has 0 bridgehead atoms. The van der Waals surface area contributed by atoms with Crippen LogP contribution in [0.4, 0.5) is 0 Å². The molecule has 0 unspecified atom stereocenters. The molecule has 1 rings (SSSR count). The fourth-order valence-electron chi connectivity index (χ4n) is 0.888. The average Bonchev–Trinajstić information content (AvgIpc) is 2.27. The van der Waals surface area contributed by atoms with Crippen molar-refractivity contribution in [2.75, 3.05) is 13.2 Å². The summed E-state index contributed by atoms with van der Waals surface area (Å²) in [5, 5.41) is 21.0. The Labute approximate surface area is 82.8 Å². The van der Waals surface area contributed by atoms with Crippen LogP contribution in [0.3, 0.4) is 0 Å². The zero-order valence-electron chi connectivity index (χ0n) is 8.14. The van der Waals surface area contributed by atoms with Gasteiger partial charge in [-0.1, -0.05) is 0 Å². The number of rotatable bonds is 5. The predicted molar refractivity (Wildman–Crippen MR) is 51.4 cm³/mol. The standard InChI is InChI=1S/C9H15N3O2/c1-9(5-13,6-14)12-4-8-2-3-10-7-11-8/h2-3,7,12-14H,4-6H2,1H3. The van der Waals surface area contributed by atoms with Crippen LogP contribution in [0.25, 0.3) is 0 Å². The molecule has 0 amide bonds. The van der Waals surface area contributed by atoms with Crippen LogP contribution >= 0.6 is 0 Å². The molecule has 0 spiro atoms. The summed E-state index contributed by atoms with van der Waals surface area (Å²) in [6, 6.07) is 1.78. The van der Waals surface area contributed by atoms with E-state index in [1.807, 2.05) is 0 Å². The first-order chi connectivity index (χ1) is 6.70. The van der Waals surface area contributed by atoms with Crippen molar-refractivity contribution in [2.24, 2.45) is 0 Å². The Balaban J connectivity index is 2.48. The largest absolute Gasteiger partial charge is 0.394 e. The van der Waals surface area contributed by atoms with E-state index < -0.39 is 5.54 Å². The summed E-state index contributed by atoms with van der Waals surface area (Å²) in [5.74, 6) is 0. The first-order valence-corrected chi connectivity index (χ1v) is 4.42. The van der Waals surface area contributed by atoms with Crippen molar-refractivity contribution in [1.29, 1.82) is 0 Å². The van der Waals surface area contributed by atoms with Gasteiger partial charge in [-0.25, -0.2) is 9.97 Å². The second-order valence-electron chi connectivity index (χ2n) is 3.43. The Kier molecular flexibility index (Phi) is 3.94. The quantitative estimate of drug-likeness (QED) is 0.582. The van der Waals surface area contributed by atoms with E-state index in [0.717, 1.165) is 5.69 Å². The molecular weight excluding hydrogens is 182 g/mol. The molecule has 0 fully saturated rings. The Morgan fingerprint density at radius 1 is 1.43 bits per heavy atom. The highest BCUT2D eigenvalue weighted by Crippen LogP contribution is 2.02. The molecule has 0 saturated carbocycles. The molecule has 0 atom stereocenters. The van der Waals surface area contributed by atoms with Gasteiger partial charge in [0.1, 0.15) is 6.33 Å². The lowest BCUT2D eigenvalue weighted by Crippen LogP contribution is -2.48. The van der Waals surface area contributed by atoms with Gasteiger partial charge >= 0.3 is 0 Å². The van der Waals surface area contributed by atoms with Gasteiger partial charge in [0.15, 0.2) is 0 Å². The van der Waals surface area contributed by atoms with Crippen LogP contribution < -0.4 is 5.32 Å². The van der Waals surface area contributed by atoms with Gasteiger partial charge < -0.3 is 15.5 Å². The van der Waals surface area contributed by atoms with E-state index >= 15 is 0 Å². The van der Waals surface area contributed by atoms with Gasteiger partial charge in [0.25, 0.3) is 0 Å². The van der Waals surface area contributed by atoms with Crippen molar-refractivity contribution in [3.8, 4) is 0 Å². The van der Waals surface area contributed by atoms with Crippen molar-refractivity contribution >= 4 is 0 Å². The van der Waals surface area contributed by atoms with E-state index in [2.05, 4.69) is 15.3 Å². The lowest BCUT2D eigenvalue weighted by atomic mass is 10.1. The van der Waals surface area contributed by atoms with Gasteiger partial charge in [-0.15, -0.1) is 0 Å². The summed E-state index contributed by atoms with van der Waals surface area (Å²) in [5.41, 5.74) is 0.165. The van der Waals surface area contributed by atoms with Crippen LogP contribution in [0.1, 0.15) is 12.6 Å². The highest BCUT2D eigenvalue weighted by atomic mass is 16.3. The van der Waals surface area contributed by atoms with E-state index in [1.165, 1.54) is 6.33 Å². The molecule has 0 saturated heterocycles. The number of aliphatic hydroxyl groups is 2. The number of nitrogens with one attached hydrogen (secondary N) is 1. The molecule has 1 aromatic heterocycles. The molecule has 3 N–H and O–H groups in total. The van der Waals surface area contributed by atoms with Gasteiger partial charge in [0, 0.05) is 12.7 Å². The summed E-state index contributed by atoms with van der Waals surface area (Å²) >= 11 is 0. The first-order valence-electron chi connectivity index (χ1n) is 4.42. The van der Waals surface area contributed by atoms with Gasteiger partial charge in [0.2, 0.25) is 0 Å². The van der Waals surface area contributed by atoms with Crippen LogP contribution in [-0.4, -0.2) is 38.9 Å². The smallest absolute Gasteiger partial charge is 0.115 e. The van der Waals surface area contributed by atoms with E-state index in [-0.39, 0.29) is 13.2 Å². The molecule has 0 aromatic carbocycles. The topological polar surface area (TPSA) is 78.3 Å². The average molecular weight is 197 g/mol. The molecule has 0 aliphatic rings. The van der Waals surface area contributed by atoms with Crippen LogP contribution in [0.5, 0.6) is 0 Å². The Bertz CT molecular complexity index is 262. The van der Waals surface area contributed by atoms with Gasteiger partial charge in [-0.2, -0.15) is 0 Å². The number of hydrogen-bond donors (Lipinski definition) is 3. The number of nitrogens with zero attached hydrogens (tertiary/aromatic N) is 2. The van der Waals surface area contributed by atoms with E-state index in [0.29, 0.717) is 6.54 Å². The monoisotopic (exact) mass is 197 g/mol. The summed E-state index contributed by atoms with van der Waals surface area (Å²) in [4.78, 5) is 7.81. The van der Waals surface area contributed by atoms with Crippen LogP contribution in [0.2, 0.25) is 0 Å². The second-order valence-corrected chi connectivity index (χ2v) is 3.43. The first kappa shape index (κ1) is 11.0. The van der Waals surface area contributed by atoms with Gasteiger partial charge in [0.05, 0.1) is 24.4 Å². The molecule has 0 aliphatic heterocycles. The highest BCUT2D eigenvalue weighted by molar-refractivity contribution is 4.98. The van der Waals surface area contributed by atoms with Crippen LogP contribution in [-0.2, 0) is 6.54 Å². The maximum Gasteiger partial charge on any atom is 0.115 e. The van der Waals surface area contributed by atoms with Crippen molar-refractivity contribution in [3.63, 3.8) is 0 Å². The summed E-state index contributed by atoms with van der Waals surface area (Å²) < 4.78 is 0. The minimum absolute atomic E-state index is 0.116. The zero-order chi connectivity index (χ0) is 10.4. The molecule has 1 heterocycles. The molecule has 5 nitrogen and oxygen atoms in total. The lowest BCUT2D eigenvalue weighted by molar-refractivity contribution is 0.103. The fourth-order valence-corrected chi connectivity index (χ4v) is 0.888. The van der Waals surface area contributed by atoms with Crippen LogP contribution in [0, 0.1) is 0 Å². The molecular formula is C9H15N3O2. The van der Waals surface area contributed by atoms with E-state index in [9.17, 15) is 0 Å². The number of hydrogen-bond acceptors (Lipinski definition) is 5. The minimum Gasteiger partial charge on any atom is -0.394 e. The highest BCUT2D eigenvalue weighted by Gasteiger charge is 2.21. The maximum atomic E-state index is 9.01. The minimum atomic E-state index is -0.662. The Morgan fingerprint density at radius 2 is 2.14 bits per heavy atom.